The van der Waals surface area contributed by atoms with Crippen LogP contribution in [0.2, 0.25) is 25.2 Å². The molecule has 3 heteroatoms. The summed E-state index contributed by atoms with van der Waals surface area (Å²) in [5.41, 5.74) is 1.37. The van der Waals surface area contributed by atoms with Gasteiger partial charge in [-0.3, -0.25) is 4.90 Å². The lowest BCUT2D eigenvalue weighted by atomic mass is 10.2. The second-order valence-electron chi connectivity index (χ2n) is 5.94. The van der Waals surface area contributed by atoms with Crippen LogP contribution in [0.4, 0.5) is 0 Å². The molecule has 0 saturated carbocycles. The van der Waals surface area contributed by atoms with Crippen LogP contribution in [0.25, 0.3) is 0 Å². The summed E-state index contributed by atoms with van der Waals surface area (Å²) < 4.78 is 5.70. The Morgan fingerprint density at radius 1 is 1.27 bits per heavy atom. The van der Waals surface area contributed by atoms with Gasteiger partial charge in [0, 0.05) is 8.07 Å². The topological polar surface area (TPSA) is 15.8 Å². The van der Waals surface area contributed by atoms with Gasteiger partial charge < -0.3 is 4.74 Å². The summed E-state index contributed by atoms with van der Waals surface area (Å²) in [5.74, 6) is 0. The lowest BCUT2D eigenvalue weighted by Crippen LogP contribution is -2.44. The second-order valence-corrected chi connectivity index (χ2v) is 11.3. The van der Waals surface area contributed by atoms with Crippen molar-refractivity contribution in [3.8, 4) is 0 Å². The molecule has 2 saturated heterocycles. The summed E-state index contributed by atoms with van der Waals surface area (Å²) >= 11 is 0. The lowest BCUT2D eigenvalue weighted by molar-refractivity contribution is 0.184. The van der Waals surface area contributed by atoms with E-state index in [1.807, 2.05) is 0 Å². The first-order valence-electron chi connectivity index (χ1n) is 6.02. The SMILES string of the molecule is CC(C)=CC1OC1N1CC[Si](C)(C)CC1. The van der Waals surface area contributed by atoms with E-state index in [0.717, 1.165) is 0 Å². The number of nitrogens with zero attached hydrogens (tertiary/aromatic N) is 1. The van der Waals surface area contributed by atoms with E-state index in [-0.39, 0.29) is 0 Å². The normalized spacial score (nSPS) is 34.9. The van der Waals surface area contributed by atoms with Gasteiger partial charge in [-0.15, -0.1) is 0 Å². The Hall–Kier alpha value is -0.123. The monoisotopic (exact) mass is 225 g/mol. The van der Waals surface area contributed by atoms with Crippen LogP contribution in [0.3, 0.4) is 0 Å². The minimum Gasteiger partial charge on any atom is -0.349 e. The van der Waals surface area contributed by atoms with Gasteiger partial charge in [-0.05, 0) is 39.0 Å². The average Bonchev–Trinajstić information content (AvgIpc) is 2.82. The van der Waals surface area contributed by atoms with E-state index in [2.05, 4.69) is 37.9 Å². The van der Waals surface area contributed by atoms with Gasteiger partial charge in [-0.1, -0.05) is 24.7 Å². The van der Waals surface area contributed by atoms with Crippen molar-refractivity contribution in [2.24, 2.45) is 0 Å². The Balaban J connectivity index is 1.82. The van der Waals surface area contributed by atoms with Gasteiger partial charge in [0.25, 0.3) is 0 Å². The molecule has 0 amide bonds. The van der Waals surface area contributed by atoms with E-state index in [1.54, 1.807) is 0 Å². The Kier molecular flexibility index (Phi) is 3.06. The van der Waals surface area contributed by atoms with Crippen LogP contribution in [0, 0.1) is 0 Å². The fourth-order valence-electron chi connectivity index (χ4n) is 2.24. The van der Waals surface area contributed by atoms with E-state index < -0.39 is 8.07 Å². The molecule has 2 nitrogen and oxygen atoms in total. The molecule has 0 radical (unpaired) electrons. The van der Waals surface area contributed by atoms with Crippen LogP contribution in [-0.4, -0.2) is 38.4 Å². The summed E-state index contributed by atoms with van der Waals surface area (Å²) in [6.07, 6.45) is 3.05. The predicted octanol–water partition coefficient (Wildman–Crippen LogP) is 2.70. The van der Waals surface area contributed by atoms with Crippen molar-refractivity contribution >= 4 is 8.07 Å². The molecule has 2 fully saturated rings. The maximum atomic E-state index is 5.70. The maximum Gasteiger partial charge on any atom is 0.141 e. The highest BCUT2D eigenvalue weighted by molar-refractivity contribution is 6.77. The molecule has 0 aromatic carbocycles. The standard InChI is InChI=1S/C12H23NOSi/c1-10(2)9-11-12(14-11)13-5-7-15(3,4)8-6-13/h9,11-12H,5-8H2,1-4H3. The first-order valence-corrected chi connectivity index (χ1v) is 9.44. The Morgan fingerprint density at radius 3 is 2.40 bits per heavy atom. The molecule has 86 valence electrons. The van der Waals surface area contributed by atoms with Gasteiger partial charge in [0.1, 0.15) is 12.3 Å². The van der Waals surface area contributed by atoms with Gasteiger partial charge in [0.2, 0.25) is 0 Å². The molecule has 0 bridgehead atoms. The zero-order chi connectivity index (χ0) is 11.1. The van der Waals surface area contributed by atoms with Crippen LogP contribution >= 0.6 is 0 Å². The van der Waals surface area contributed by atoms with Gasteiger partial charge in [-0.2, -0.15) is 0 Å². The largest absolute Gasteiger partial charge is 0.349 e. The number of hydrogen-bond acceptors (Lipinski definition) is 2. The summed E-state index contributed by atoms with van der Waals surface area (Å²) in [5, 5.41) is 0. The van der Waals surface area contributed by atoms with Crippen molar-refractivity contribution in [2.45, 2.75) is 51.4 Å². The van der Waals surface area contributed by atoms with Crippen LogP contribution in [-0.2, 0) is 4.74 Å². The van der Waals surface area contributed by atoms with Gasteiger partial charge in [0.15, 0.2) is 0 Å². The highest BCUT2D eigenvalue weighted by Crippen LogP contribution is 2.32. The first-order chi connectivity index (χ1) is 6.98. The Bertz CT molecular complexity index is 261. The highest BCUT2D eigenvalue weighted by atomic mass is 28.3. The quantitative estimate of drug-likeness (QED) is 0.408. The molecule has 2 rings (SSSR count). The van der Waals surface area contributed by atoms with E-state index in [4.69, 9.17) is 4.74 Å². The lowest BCUT2D eigenvalue weighted by Gasteiger charge is -2.34. The van der Waals surface area contributed by atoms with Crippen molar-refractivity contribution < 1.29 is 4.74 Å². The summed E-state index contributed by atoms with van der Waals surface area (Å²) in [6, 6.07) is 2.88. The van der Waals surface area contributed by atoms with Gasteiger partial charge in [0.05, 0.1) is 0 Å². The minimum atomic E-state index is -0.817. The summed E-state index contributed by atoms with van der Waals surface area (Å²) in [6.45, 7) is 11.8. The molecule has 0 aliphatic carbocycles. The van der Waals surface area contributed by atoms with Crippen LogP contribution in [0.5, 0.6) is 0 Å². The third-order valence-corrected chi connectivity index (χ3v) is 6.66. The Labute approximate surface area is 94.3 Å². The van der Waals surface area contributed by atoms with Crippen LogP contribution in [0.15, 0.2) is 11.6 Å². The summed E-state index contributed by atoms with van der Waals surface area (Å²) in [4.78, 5) is 2.53. The maximum absolute atomic E-state index is 5.70. The predicted molar refractivity (Wildman–Crippen MR) is 66.8 cm³/mol. The van der Waals surface area contributed by atoms with Crippen molar-refractivity contribution in [1.82, 2.24) is 4.90 Å². The van der Waals surface area contributed by atoms with E-state index in [1.165, 1.54) is 30.8 Å². The smallest absolute Gasteiger partial charge is 0.141 e. The number of ether oxygens (including phenoxy) is 1. The molecule has 2 aliphatic heterocycles. The van der Waals surface area contributed by atoms with Crippen molar-refractivity contribution in [3.05, 3.63) is 11.6 Å². The summed E-state index contributed by atoms with van der Waals surface area (Å²) in [7, 11) is -0.817. The van der Waals surface area contributed by atoms with Crippen molar-refractivity contribution in [1.29, 1.82) is 0 Å². The molecule has 0 aromatic rings. The molecule has 2 aliphatic rings. The average molecular weight is 225 g/mol. The molecule has 2 heterocycles. The van der Waals surface area contributed by atoms with Gasteiger partial charge >= 0.3 is 0 Å². The zero-order valence-electron chi connectivity index (χ0n) is 10.4. The number of allylic oxidation sites excluding steroid dienone is 1. The number of epoxide rings is 1. The van der Waals surface area contributed by atoms with Crippen molar-refractivity contribution in [2.75, 3.05) is 13.1 Å². The molecule has 2 unspecified atom stereocenters. The van der Waals surface area contributed by atoms with E-state index in [9.17, 15) is 0 Å². The molecule has 0 spiro atoms. The van der Waals surface area contributed by atoms with E-state index >= 15 is 0 Å². The molecular formula is C12H23NOSi. The van der Waals surface area contributed by atoms with Crippen LogP contribution < -0.4 is 0 Å². The molecular weight excluding hydrogens is 202 g/mol. The molecule has 15 heavy (non-hydrogen) atoms. The molecule has 0 N–H and O–H groups in total. The fourth-order valence-corrected chi connectivity index (χ4v) is 4.28. The van der Waals surface area contributed by atoms with Gasteiger partial charge in [-0.25, -0.2) is 0 Å². The third kappa shape index (κ3) is 2.92. The zero-order valence-corrected chi connectivity index (χ0v) is 11.4. The third-order valence-electron chi connectivity index (χ3n) is 3.51. The fraction of sp³-hybridized carbons (Fsp3) is 0.833. The minimum absolute atomic E-state index is 0.387. The molecule has 2 atom stereocenters. The Morgan fingerprint density at radius 2 is 1.87 bits per heavy atom. The molecule has 0 aromatic heterocycles. The first kappa shape index (κ1) is 11.4. The second kappa shape index (κ2) is 4.04. The van der Waals surface area contributed by atoms with Crippen molar-refractivity contribution in [3.63, 3.8) is 0 Å². The number of rotatable bonds is 2. The number of hydrogen-bond donors (Lipinski definition) is 0. The highest BCUT2D eigenvalue weighted by Gasteiger charge is 2.44. The van der Waals surface area contributed by atoms with E-state index in [0.29, 0.717) is 12.3 Å². The van der Waals surface area contributed by atoms with Crippen LogP contribution in [0.1, 0.15) is 13.8 Å².